The minimum absolute atomic E-state index is 0.0809. The normalized spacial score (nSPS) is 11.7. The third-order valence-electron chi connectivity index (χ3n) is 3.54. The fourth-order valence-corrected chi connectivity index (χ4v) is 2.48. The molecule has 0 amide bonds. The molecule has 2 aromatic heterocycles. The van der Waals surface area contributed by atoms with Crippen LogP contribution < -0.4 is 4.74 Å². The summed E-state index contributed by atoms with van der Waals surface area (Å²) in [6, 6.07) is 9.70. The van der Waals surface area contributed by atoms with E-state index in [1.807, 2.05) is 0 Å². The average molecular weight is 443 g/mol. The second-order valence-electron chi connectivity index (χ2n) is 5.52. The molecule has 1 aromatic carbocycles. The van der Waals surface area contributed by atoms with Crippen molar-refractivity contribution in [3.05, 3.63) is 64.1 Å². The van der Waals surface area contributed by atoms with Crippen LogP contribution in [-0.4, -0.2) is 34.2 Å². The summed E-state index contributed by atoms with van der Waals surface area (Å²) in [6.45, 7) is 0.1000. The maximum absolute atomic E-state index is 13.3. The number of rotatable bonds is 7. The minimum atomic E-state index is -3.72. The van der Waals surface area contributed by atoms with Crippen LogP contribution in [0.1, 0.15) is 27.7 Å². The molecule has 0 fully saturated rings. The van der Waals surface area contributed by atoms with E-state index in [0.29, 0.717) is 17.1 Å². The van der Waals surface area contributed by atoms with Gasteiger partial charge in [0.1, 0.15) is 18.1 Å². The Labute approximate surface area is 172 Å². The summed E-state index contributed by atoms with van der Waals surface area (Å²) < 4.78 is 42.6. The number of aromatic nitrogens is 3. The van der Waals surface area contributed by atoms with Crippen molar-refractivity contribution >= 4 is 36.0 Å². The van der Waals surface area contributed by atoms with E-state index >= 15 is 0 Å². The second kappa shape index (κ2) is 8.53. The number of furan rings is 1. The van der Waals surface area contributed by atoms with Gasteiger partial charge in [-0.05, 0) is 65.8 Å². The molecule has 0 radical (unpaired) electrons. The summed E-state index contributed by atoms with van der Waals surface area (Å²) in [7, 11) is 1.26. The fourth-order valence-electron chi connectivity index (χ4n) is 2.18. The number of alkyl halides is 3. The molecule has 3 aromatic rings. The molecule has 0 bridgehead atoms. The molecule has 12 heteroatoms. The number of esters is 1. The van der Waals surface area contributed by atoms with Crippen molar-refractivity contribution in [3.8, 4) is 5.75 Å². The van der Waals surface area contributed by atoms with Gasteiger partial charge in [0.15, 0.2) is 0 Å². The topological polar surface area (TPSA) is 94.6 Å². The fraction of sp³-hybridized carbons (Fsp3) is 0.176. The molecule has 0 atom stereocenters. The first-order valence-electron chi connectivity index (χ1n) is 7.97. The molecule has 0 unspecified atom stereocenters. The van der Waals surface area contributed by atoms with Crippen LogP contribution in [0.2, 0.25) is 0 Å². The number of halogens is 3. The lowest BCUT2D eigenvalue weighted by atomic mass is 10.2. The van der Waals surface area contributed by atoms with Gasteiger partial charge in [0.2, 0.25) is 16.4 Å². The van der Waals surface area contributed by atoms with E-state index in [1.165, 1.54) is 19.4 Å². The van der Waals surface area contributed by atoms with E-state index in [0.717, 1.165) is 4.68 Å². The first-order chi connectivity index (χ1) is 13.8. The highest BCUT2D eigenvalue weighted by molar-refractivity contribution is 7.71. The Balaban J connectivity index is 1.64. The van der Waals surface area contributed by atoms with Crippen molar-refractivity contribution in [2.24, 2.45) is 5.10 Å². The van der Waals surface area contributed by atoms with Crippen molar-refractivity contribution in [3.63, 3.8) is 0 Å². The Morgan fingerprint density at radius 1 is 1.38 bits per heavy atom. The number of hydrogen-bond acceptors (Lipinski definition) is 7. The number of aromatic amines is 1. The van der Waals surface area contributed by atoms with Gasteiger partial charge in [-0.1, -0.05) is 0 Å². The Kier molecular flexibility index (Phi) is 6.09. The van der Waals surface area contributed by atoms with Crippen LogP contribution in [0.15, 0.2) is 45.9 Å². The van der Waals surface area contributed by atoms with E-state index in [2.05, 4.69) is 20.0 Å². The number of carbonyl (C=O) groups is 1. The predicted molar refractivity (Wildman–Crippen MR) is 101 cm³/mol. The van der Waals surface area contributed by atoms with Crippen LogP contribution >= 0.6 is 23.8 Å². The third-order valence-corrected chi connectivity index (χ3v) is 3.97. The highest BCUT2D eigenvalue weighted by atomic mass is 35.5. The molecule has 8 nitrogen and oxygen atoms in total. The molecule has 0 aliphatic carbocycles. The van der Waals surface area contributed by atoms with Crippen LogP contribution in [0.25, 0.3) is 0 Å². The van der Waals surface area contributed by atoms with Crippen molar-refractivity contribution < 1.29 is 27.5 Å². The Hall–Kier alpha value is -3.05. The van der Waals surface area contributed by atoms with Crippen LogP contribution in [0, 0.1) is 4.77 Å². The van der Waals surface area contributed by atoms with E-state index in [9.17, 15) is 13.6 Å². The number of nitrogens with one attached hydrogen (secondary N) is 1. The zero-order valence-corrected chi connectivity index (χ0v) is 16.3. The molecule has 0 aliphatic rings. The molecule has 1 N–H and O–H groups in total. The summed E-state index contributed by atoms with van der Waals surface area (Å²) in [5.74, 6) is -0.346. The Bertz CT molecular complexity index is 1090. The Morgan fingerprint density at radius 3 is 2.76 bits per heavy atom. The predicted octanol–water partition coefficient (Wildman–Crippen LogP) is 4.07. The van der Waals surface area contributed by atoms with E-state index < -0.39 is 17.2 Å². The molecular weight excluding hydrogens is 430 g/mol. The monoisotopic (exact) mass is 442 g/mol. The highest BCUT2D eigenvalue weighted by Gasteiger charge is 2.35. The number of nitrogens with zero attached hydrogens (tertiary/aromatic N) is 3. The number of ether oxygens (including phenoxy) is 2. The van der Waals surface area contributed by atoms with Crippen molar-refractivity contribution in [1.82, 2.24) is 14.9 Å². The van der Waals surface area contributed by atoms with Gasteiger partial charge in [-0.3, -0.25) is 0 Å². The molecule has 29 heavy (non-hydrogen) atoms. The van der Waals surface area contributed by atoms with E-state index in [1.54, 1.807) is 30.3 Å². The van der Waals surface area contributed by atoms with Crippen LogP contribution in [0.3, 0.4) is 0 Å². The summed E-state index contributed by atoms with van der Waals surface area (Å²) in [5, 5.41) is 5.75. The van der Waals surface area contributed by atoms with E-state index in [-0.39, 0.29) is 17.1 Å². The number of hydrogen-bond donors (Lipinski definition) is 1. The minimum Gasteiger partial charge on any atom is -0.486 e. The summed E-state index contributed by atoms with van der Waals surface area (Å²) >= 11 is 9.85. The number of methoxy groups -OCH3 is 1. The van der Waals surface area contributed by atoms with Crippen molar-refractivity contribution in [2.75, 3.05) is 7.11 Å². The standard InChI is InChI=1S/C17H13ClF2N4O4S/c1-26-14(25)13-7-6-12(28-13)9-27-11-4-2-10(3-5-11)8-21-24-15(17(18,19)20)22-23-16(24)29/h2-8H,9H2,1H3,(H,23,29)/b21-8-. The maximum Gasteiger partial charge on any atom is 0.383 e. The van der Waals surface area contributed by atoms with Gasteiger partial charge < -0.3 is 13.9 Å². The summed E-state index contributed by atoms with van der Waals surface area (Å²) in [6.07, 6.45) is 1.32. The summed E-state index contributed by atoms with van der Waals surface area (Å²) in [4.78, 5) is 11.4. The Morgan fingerprint density at radius 2 is 2.10 bits per heavy atom. The van der Waals surface area contributed by atoms with Crippen LogP contribution in [0.4, 0.5) is 8.78 Å². The largest absolute Gasteiger partial charge is 0.486 e. The molecule has 0 spiro atoms. The van der Waals surface area contributed by atoms with Gasteiger partial charge >= 0.3 is 11.4 Å². The molecular formula is C17H13ClF2N4O4S. The van der Waals surface area contributed by atoms with Crippen molar-refractivity contribution in [2.45, 2.75) is 12.0 Å². The molecule has 2 heterocycles. The third kappa shape index (κ3) is 5.06. The van der Waals surface area contributed by atoms with Gasteiger partial charge in [0.05, 0.1) is 13.3 Å². The zero-order valence-electron chi connectivity index (χ0n) is 14.8. The van der Waals surface area contributed by atoms with Gasteiger partial charge in [0.25, 0.3) is 0 Å². The summed E-state index contributed by atoms with van der Waals surface area (Å²) in [5.41, 5.74) is 0.593. The smallest absolute Gasteiger partial charge is 0.383 e. The van der Waals surface area contributed by atoms with Gasteiger partial charge in [-0.15, -0.1) is 5.10 Å². The van der Waals surface area contributed by atoms with Gasteiger partial charge in [-0.25, -0.2) is 9.89 Å². The molecule has 0 aliphatic heterocycles. The highest BCUT2D eigenvalue weighted by Crippen LogP contribution is 2.30. The zero-order chi connectivity index (χ0) is 21.0. The molecule has 0 saturated heterocycles. The lowest BCUT2D eigenvalue weighted by molar-refractivity contribution is 0.0560. The number of carbonyl (C=O) groups excluding carboxylic acids is 1. The van der Waals surface area contributed by atoms with Crippen LogP contribution in [-0.2, 0) is 16.7 Å². The van der Waals surface area contributed by atoms with Crippen LogP contribution in [0.5, 0.6) is 5.75 Å². The lowest BCUT2D eigenvalue weighted by Gasteiger charge is -2.06. The first-order valence-corrected chi connectivity index (χ1v) is 8.75. The van der Waals surface area contributed by atoms with Gasteiger partial charge in [0, 0.05) is 0 Å². The SMILES string of the molecule is COC(=O)c1ccc(COc2ccc(/C=N\n3c(C(F)(F)Cl)n[nH]c3=S)cc2)o1. The molecule has 3 rings (SSSR count). The van der Waals surface area contributed by atoms with E-state index in [4.69, 9.17) is 33.0 Å². The number of H-pyrrole nitrogens is 1. The maximum atomic E-state index is 13.3. The second-order valence-corrected chi connectivity index (χ2v) is 6.38. The lowest BCUT2D eigenvalue weighted by Crippen LogP contribution is -2.11. The average Bonchev–Trinajstić information content (AvgIpc) is 3.31. The molecule has 152 valence electrons. The van der Waals surface area contributed by atoms with Gasteiger partial charge in [-0.2, -0.15) is 18.6 Å². The van der Waals surface area contributed by atoms with Crippen molar-refractivity contribution in [1.29, 1.82) is 0 Å². The number of benzene rings is 1. The quantitative estimate of drug-likeness (QED) is 0.256. The molecule has 0 saturated carbocycles. The first kappa shape index (κ1) is 20.7.